The van der Waals surface area contributed by atoms with Crippen LogP contribution in [-0.4, -0.2) is 60.4 Å². The molecule has 4 aliphatic rings. The van der Waals surface area contributed by atoms with Crippen LogP contribution in [0.4, 0.5) is 0 Å². The van der Waals surface area contributed by atoms with Gasteiger partial charge in [-0.2, -0.15) is 0 Å². The van der Waals surface area contributed by atoms with Crippen molar-refractivity contribution in [3.05, 3.63) is 35.1 Å². The second-order valence-electron chi connectivity index (χ2n) is 7.23. The number of rotatable bonds is 1. The van der Waals surface area contributed by atoms with Crippen molar-refractivity contribution < 1.29 is 24.4 Å². The van der Waals surface area contributed by atoms with Gasteiger partial charge in [0, 0.05) is 19.1 Å². The third kappa shape index (κ3) is 2.51. The highest BCUT2D eigenvalue weighted by atomic mass is 16.7. The van der Waals surface area contributed by atoms with E-state index >= 15 is 0 Å². The Labute approximate surface area is 154 Å². The third-order valence-corrected chi connectivity index (χ3v) is 5.99. The Kier molecular flexibility index (Phi) is 4.59. The molecule has 1 aliphatic carbocycles. The minimum absolute atomic E-state index is 0.00644. The summed E-state index contributed by atoms with van der Waals surface area (Å²) >= 11 is 0. The molecule has 1 aromatic carbocycles. The van der Waals surface area contributed by atoms with Crippen LogP contribution in [0.2, 0.25) is 0 Å². The van der Waals surface area contributed by atoms with Crippen molar-refractivity contribution in [2.75, 3.05) is 33.6 Å². The molecular formula is C20H27NO5. The van der Waals surface area contributed by atoms with E-state index in [0.717, 1.165) is 43.9 Å². The number of methoxy groups -OCH3 is 1. The number of hydrogen-bond acceptors (Lipinski definition) is 6. The molecule has 1 fully saturated rings. The zero-order chi connectivity index (χ0) is 18.3. The molecule has 5 rings (SSSR count). The van der Waals surface area contributed by atoms with Gasteiger partial charge in [-0.05, 0) is 62.1 Å². The van der Waals surface area contributed by atoms with E-state index < -0.39 is 6.10 Å². The number of benzene rings is 1. The molecule has 142 valence electrons. The summed E-state index contributed by atoms with van der Waals surface area (Å²) < 4.78 is 16.6. The summed E-state index contributed by atoms with van der Waals surface area (Å²) in [4.78, 5) is 2.53. The van der Waals surface area contributed by atoms with E-state index in [4.69, 9.17) is 19.3 Å². The molecule has 0 amide bonds. The van der Waals surface area contributed by atoms with Crippen LogP contribution in [0.3, 0.4) is 0 Å². The van der Waals surface area contributed by atoms with Crippen LogP contribution in [0, 0.1) is 0 Å². The quantitative estimate of drug-likeness (QED) is 0.795. The smallest absolute Gasteiger partial charge is 0.231 e. The van der Waals surface area contributed by atoms with E-state index in [1.165, 1.54) is 11.1 Å². The number of aliphatic hydroxyl groups excluding tert-OH is 2. The average Bonchev–Trinajstić information content (AvgIpc) is 3.29. The largest absolute Gasteiger partial charge is 0.499 e. The fraction of sp³-hybridized carbons (Fsp3) is 0.600. The van der Waals surface area contributed by atoms with Crippen LogP contribution >= 0.6 is 0 Å². The van der Waals surface area contributed by atoms with Gasteiger partial charge in [0.05, 0.1) is 12.6 Å². The number of hydrogen-bond donors (Lipinski definition) is 2. The molecule has 0 saturated carbocycles. The summed E-state index contributed by atoms with van der Waals surface area (Å²) in [5.74, 6) is 2.33. The van der Waals surface area contributed by atoms with Gasteiger partial charge in [0.25, 0.3) is 0 Å². The van der Waals surface area contributed by atoms with Crippen molar-refractivity contribution >= 4 is 0 Å². The molecule has 6 heteroatoms. The maximum absolute atomic E-state index is 11.0. The molecule has 26 heavy (non-hydrogen) atoms. The topological polar surface area (TPSA) is 71.4 Å². The van der Waals surface area contributed by atoms with Gasteiger partial charge in [0.1, 0.15) is 11.9 Å². The Bertz CT molecular complexity index is 718. The highest BCUT2D eigenvalue weighted by Gasteiger charge is 2.56. The fourth-order valence-electron chi connectivity index (χ4n) is 4.99. The van der Waals surface area contributed by atoms with Gasteiger partial charge >= 0.3 is 0 Å². The maximum atomic E-state index is 11.0. The van der Waals surface area contributed by atoms with Crippen LogP contribution in [0.25, 0.3) is 0 Å². The maximum Gasteiger partial charge on any atom is 0.231 e. The van der Waals surface area contributed by atoms with Gasteiger partial charge < -0.3 is 24.4 Å². The van der Waals surface area contributed by atoms with E-state index in [0.29, 0.717) is 5.76 Å². The molecule has 1 aromatic rings. The monoisotopic (exact) mass is 361 g/mol. The van der Waals surface area contributed by atoms with Crippen molar-refractivity contribution in [3.8, 4) is 11.5 Å². The van der Waals surface area contributed by atoms with Gasteiger partial charge in [-0.25, -0.2) is 0 Å². The first kappa shape index (κ1) is 17.6. The molecule has 1 saturated heterocycles. The lowest BCUT2D eigenvalue weighted by Gasteiger charge is -2.38. The van der Waals surface area contributed by atoms with Crippen LogP contribution < -0.4 is 9.47 Å². The zero-order valence-electron chi connectivity index (χ0n) is 15.4. The Morgan fingerprint density at radius 3 is 2.73 bits per heavy atom. The normalized spacial score (nSPS) is 31.2. The highest BCUT2D eigenvalue weighted by molar-refractivity contribution is 5.54. The standard InChI is InChI=1S/C18H21NO4.C2H6O/c1-21-15-9-18-4-2-5-19(18)6-3-11-7-13-14(23-10-22-13)8-12(11)16(18)17(15)20;1-2-3/h7-9,16-17,20H,2-6,10H2,1H3;3H,2H2,1H3/t16-,17-,18+;/m1./s1. The number of fused-ring (bicyclic) bond motifs is 3. The SMILES string of the molecule is CCO.COC1=C[C@]23CCCN2CCc2cc4c(cc2[C@@H]3[C@@H]1O)OCO4. The number of nitrogens with zero attached hydrogens (tertiary/aromatic N) is 1. The van der Waals surface area contributed by atoms with E-state index in [2.05, 4.69) is 23.1 Å². The van der Waals surface area contributed by atoms with Crippen molar-refractivity contribution in [2.45, 2.75) is 43.7 Å². The summed E-state index contributed by atoms with van der Waals surface area (Å²) in [5.41, 5.74) is 2.33. The number of aliphatic hydroxyl groups is 2. The van der Waals surface area contributed by atoms with Crippen LogP contribution in [0.15, 0.2) is 24.0 Å². The fourth-order valence-corrected chi connectivity index (χ4v) is 4.99. The van der Waals surface area contributed by atoms with Crippen molar-refractivity contribution in [2.24, 2.45) is 0 Å². The van der Waals surface area contributed by atoms with Crippen LogP contribution in [0.5, 0.6) is 11.5 Å². The van der Waals surface area contributed by atoms with Gasteiger partial charge in [0.2, 0.25) is 6.79 Å². The molecule has 0 radical (unpaired) electrons. The summed E-state index contributed by atoms with van der Waals surface area (Å²) in [6.45, 7) is 4.30. The third-order valence-electron chi connectivity index (χ3n) is 5.99. The van der Waals surface area contributed by atoms with E-state index in [1.54, 1.807) is 14.0 Å². The molecule has 2 N–H and O–H groups in total. The molecule has 1 spiro atoms. The Hall–Kier alpha value is -1.76. The van der Waals surface area contributed by atoms with Crippen LogP contribution in [0.1, 0.15) is 36.8 Å². The lowest BCUT2D eigenvalue weighted by molar-refractivity contribution is 0.0782. The van der Waals surface area contributed by atoms with Gasteiger partial charge in [-0.15, -0.1) is 0 Å². The first-order valence-corrected chi connectivity index (χ1v) is 9.37. The minimum Gasteiger partial charge on any atom is -0.499 e. The second-order valence-corrected chi connectivity index (χ2v) is 7.23. The first-order valence-electron chi connectivity index (χ1n) is 9.37. The van der Waals surface area contributed by atoms with E-state index in [1.807, 2.05) is 0 Å². The molecular weight excluding hydrogens is 334 g/mol. The zero-order valence-corrected chi connectivity index (χ0v) is 15.4. The molecule has 3 atom stereocenters. The lowest BCUT2D eigenvalue weighted by atomic mass is 9.78. The van der Waals surface area contributed by atoms with Gasteiger partial charge in [0.15, 0.2) is 11.5 Å². The predicted molar refractivity (Wildman–Crippen MR) is 96.4 cm³/mol. The van der Waals surface area contributed by atoms with Crippen LogP contribution in [-0.2, 0) is 11.2 Å². The molecule has 6 nitrogen and oxygen atoms in total. The molecule has 3 aliphatic heterocycles. The van der Waals surface area contributed by atoms with Gasteiger partial charge in [-0.3, -0.25) is 4.90 Å². The summed E-state index contributed by atoms with van der Waals surface area (Å²) in [6.07, 6.45) is 4.78. The lowest BCUT2D eigenvalue weighted by Crippen LogP contribution is -2.46. The molecule has 0 unspecified atom stereocenters. The van der Waals surface area contributed by atoms with Gasteiger partial charge in [-0.1, -0.05) is 0 Å². The average molecular weight is 361 g/mol. The Morgan fingerprint density at radius 1 is 1.27 bits per heavy atom. The predicted octanol–water partition coefficient (Wildman–Crippen LogP) is 1.79. The Morgan fingerprint density at radius 2 is 2.00 bits per heavy atom. The molecule has 0 aromatic heterocycles. The number of ether oxygens (including phenoxy) is 3. The van der Waals surface area contributed by atoms with E-state index in [-0.39, 0.29) is 24.9 Å². The highest BCUT2D eigenvalue weighted by Crippen LogP contribution is 2.54. The molecule has 3 heterocycles. The summed E-state index contributed by atoms with van der Waals surface area (Å²) in [7, 11) is 1.65. The van der Waals surface area contributed by atoms with Crippen molar-refractivity contribution in [3.63, 3.8) is 0 Å². The first-order chi connectivity index (χ1) is 12.6. The van der Waals surface area contributed by atoms with Crippen molar-refractivity contribution in [1.29, 1.82) is 0 Å². The summed E-state index contributed by atoms with van der Waals surface area (Å²) in [6, 6.07) is 4.19. The minimum atomic E-state index is -0.599. The van der Waals surface area contributed by atoms with E-state index in [9.17, 15) is 5.11 Å². The summed E-state index contributed by atoms with van der Waals surface area (Å²) in [5, 5.41) is 18.5. The Balaban J connectivity index is 0.000000527. The van der Waals surface area contributed by atoms with Crippen molar-refractivity contribution in [1.82, 2.24) is 4.90 Å². The second kappa shape index (κ2) is 6.76. The molecule has 0 bridgehead atoms.